The average Bonchev–Trinajstić information content (AvgIpc) is 3.32. The quantitative estimate of drug-likeness (QED) is 0.0625. The number of rotatable bonds is 16. The molecule has 0 aliphatic carbocycles. The van der Waals surface area contributed by atoms with Crippen LogP contribution in [0.25, 0.3) is 0 Å². The van der Waals surface area contributed by atoms with Gasteiger partial charge in [0.15, 0.2) is 5.96 Å². The zero-order valence-corrected chi connectivity index (χ0v) is 20.9. The minimum Gasteiger partial charge on any atom is -0.480 e. The fourth-order valence-electron chi connectivity index (χ4n) is 3.75. The largest absolute Gasteiger partial charge is 0.480 e. The first kappa shape index (κ1) is 30.6. The monoisotopic (exact) mass is 512 g/mol. The van der Waals surface area contributed by atoms with Crippen molar-refractivity contribution in [2.24, 2.45) is 28.1 Å². The normalized spacial score (nSPS) is 17.5. The summed E-state index contributed by atoms with van der Waals surface area (Å²) in [5.74, 6) is -3.76. The van der Waals surface area contributed by atoms with Gasteiger partial charge in [0.05, 0.1) is 6.04 Å². The molecule has 1 saturated heterocycles. The van der Waals surface area contributed by atoms with E-state index in [2.05, 4.69) is 26.3 Å². The van der Waals surface area contributed by atoms with Gasteiger partial charge in [0.25, 0.3) is 0 Å². The van der Waals surface area contributed by atoms with Crippen LogP contribution in [0.2, 0.25) is 0 Å². The molecule has 0 aromatic rings. The lowest BCUT2D eigenvalue weighted by Crippen LogP contribution is -2.57. The molecule has 1 aliphatic heterocycles. The highest BCUT2D eigenvalue weighted by Gasteiger charge is 2.31. The lowest BCUT2D eigenvalue weighted by molar-refractivity contribution is -0.142. The number of nitrogens with two attached hydrogens (primary N) is 3. The second kappa shape index (κ2) is 15.5. The van der Waals surface area contributed by atoms with Gasteiger partial charge in [-0.1, -0.05) is 13.8 Å². The molecule has 204 valence electrons. The van der Waals surface area contributed by atoms with E-state index in [0.717, 1.165) is 6.42 Å². The molecule has 1 fully saturated rings. The van der Waals surface area contributed by atoms with Crippen LogP contribution in [0, 0.1) is 5.92 Å². The number of carboxylic acids is 1. The van der Waals surface area contributed by atoms with E-state index in [1.54, 1.807) is 0 Å². The maximum Gasteiger partial charge on any atom is 0.326 e. The van der Waals surface area contributed by atoms with Gasteiger partial charge in [-0.2, -0.15) is 0 Å². The highest BCUT2D eigenvalue weighted by molar-refractivity contribution is 5.94. The van der Waals surface area contributed by atoms with Crippen molar-refractivity contribution in [1.29, 1.82) is 0 Å². The van der Waals surface area contributed by atoms with E-state index in [0.29, 0.717) is 19.4 Å². The average molecular weight is 513 g/mol. The Kier molecular flexibility index (Phi) is 13.2. The number of carbonyl (C=O) groups excluding carboxylic acids is 4. The number of hydrogen-bond donors (Lipinski definition) is 8. The van der Waals surface area contributed by atoms with E-state index < -0.39 is 53.8 Å². The Balaban J connectivity index is 2.99. The summed E-state index contributed by atoms with van der Waals surface area (Å²) < 4.78 is 0. The van der Waals surface area contributed by atoms with Crippen LogP contribution >= 0.6 is 0 Å². The second-order valence-electron chi connectivity index (χ2n) is 9.25. The molecule has 1 heterocycles. The van der Waals surface area contributed by atoms with Gasteiger partial charge in [-0.15, -0.1) is 0 Å². The van der Waals surface area contributed by atoms with Gasteiger partial charge in [-0.05, 0) is 51.0 Å². The minimum absolute atomic E-state index is 0.00102. The number of carboxylic acid groups (broad SMARTS) is 1. The summed E-state index contributed by atoms with van der Waals surface area (Å²) in [6.45, 7) is 4.50. The van der Waals surface area contributed by atoms with Crippen molar-refractivity contribution in [1.82, 2.24) is 21.3 Å². The van der Waals surface area contributed by atoms with Gasteiger partial charge in [-0.3, -0.25) is 24.2 Å². The zero-order chi connectivity index (χ0) is 27.3. The van der Waals surface area contributed by atoms with E-state index in [4.69, 9.17) is 17.2 Å². The summed E-state index contributed by atoms with van der Waals surface area (Å²) in [6.07, 6.45) is 1.81. The summed E-state index contributed by atoms with van der Waals surface area (Å²) in [5, 5.41) is 20.2. The summed E-state index contributed by atoms with van der Waals surface area (Å²) in [6, 6.07) is -3.85. The van der Waals surface area contributed by atoms with Crippen LogP contribution in [0.3, 0.4) is 0 Å². The fraction of sp³-hybridized carbons (Fsp3) is 0.727. The molecule has 4 atom stereocenters. The van der Waals surface area contributed by atoms with Crippen LogP contribution in [-0.2, 0) is 24.0 Å². The fourth-order valence-corrected chi connectivity index (χ4v) is 3.75. The third-order valence-electron chi connectivity index (χ3n) is 5.59. The standard InChI is InChI=1S/C22H40N8O6/c1-12(2)11-16(21(35)36)30-19(33)14(6-4-10-27-22(24)25)28-20(34)15(7-8-17(23)31)29-18(32)13-5-3-9-26-13/h12-16,26H,3-11H2,1-2H3,(H2,23,31)(H,28,34)(H,29,32)(H,30,33)(H,35,36)(H4,24,25,27). The van der Waals surface area contributed by atoms with Crippen molar-refractivity contribution < 1.29 is 29.1 Å². The zero-order valence-electron chi connectivity index (χ0n) is 20.9. The van der Waals surface area contributed by atoms with Crippen LogP contribution < -0.4 is 38.5 Å². The number of nitrogens with zero attached hydrogens (tertiary/aromatic N) is 1. The molecule has 4 unspecified atom stereocenters. The number of hydrogen-bond acceptors (Lipinski definition) is 7. The molecule has 4 amide bonds. The van der Waals surface area contributed by atoms with Crippen LogP contribution in [0.15, 0.2) is 4.99 Å². The highest BCUT2D eigenvalue weighted by atomic mass is 16.4. The third kappa shape index (κ3) is 11.8. The predicted octanol–water partition coefficient (Wildman–Crippen LogP) is -2.36. The third-order valence-corrected chi connectivity index (χ3v) is 5.59. The number of carbonyl (C=O) groups is 5. The summed E-state index contributed by atoms with van der Waals surface area (Å²) in [7, 11) is 0. The van der Waals surface area contributed by atoms with Gasteiger partial charge >= 0.3 is 5.97 Å². The van der Waals surface area contributed by atoms with Crippen LogP contribution in [-0.4, -0.2) is 77.9 Å². The van der Waals surface area contributed by atoms with Crippen molar-refractivity contribution >= 4 is 35.6 Å². The molecule has 1 rings (SSSR count). The van der Waals surface area contributed by atoms with E-state index >= 15 is 0 Å². The van der Waals surface area contributed by atoms with Gasteiger partial charge in [-0.25, -0.2) is 4.79 Å². The first-order chi connectivity index (χ1) is 16.9. The number of aliphatic imine (C=N–C) groups is 1. The molecule has 14 nitrogen and oxygen atoms in total. The summed E-state index contributed by atoms with van der Waals surface area (Å²) in [4.78, 5) is 65.4. The van der Waals surface area contributed by atoms with Crippen molar-refractivity contribution in [2.75, 3.05) is 13.1 Å². The van der Waals surface area contributed by atoms with E-state index in [1.807, 2.05) is 13.8 Å². The molecule has 0 spiro atoms. The summed E-state index contributed by atoms with van der Waals surface area (Å²) in [5.41, 5.74) is 15.9. The molecule has 0 aromatic carbocycles. The lowest BCUT2D eigenvalue weighted by Gasteiger charge is -2.25. The maximum atomic E-state index is 13.1. The molecule has 1 aliphatic rings. The van der Waals surface area contributed by atoms with Gasteiger partial charge in [0, 0.05) is 13.0 Å². The molecular formula is C22H40N8O6. The van der Waals surface area contributed by atoms with Crippen LogP contribution in [0.4, 0.5) is 0 Å². The second-order valence-corrected chi connectivity index (χ2v) is 9.25. The molecule has 0 radical (unpaired) electrons. The molecular weight excluding hydrogens is 472 g/mol. The SMILES string of the molecule is CC(C)CC(NC(=O)C(CCCN=C(N)N)NC(=O)C(CCC(N)=O)NC(=O)C1CCCN1)C(=O)O. The van der Waals surface area contributed by atoms with E-state index in [9.17, 15) is 29.1 Å². The van der Waals surface area contributed by atoms with Crippen molar-refractivity contribution in [3.63, 3.8) is 0 Å². The topological polar surface area (TPSA) is 244 Å². The Morgan fingerprint density at radius 1 is 0.972 bits per heavy atom. The number of primary amides is 1. The van der Waals surface area contributed by atoms with Gasteiger partial charge in [0.1, 0.15) is 18.1 Å². The maximum absolute atomic E-state index is 13.1. The number of guanidine groups is 1. The number of nitrogens with one attached hydrogen (secondary N) is 4. The first-order valence-corrected chi connectivity index (χ1v) is 12.1. The Morgan fingerprint density at radius 3 is 2.08 bits per heavy atom. The van der Waals surface area contributed by atoms with Gasteiger partial charge < -0.3 is 43.6 Å². The van der Waals surface area contributed by atoms with Crippen LogP contribution in [0.5, 0.6) is 0 Å². The molecule has 0 bridgehead atoms. The number of aliphatic carboxylic acids is 1. The van der Waals surface area contributed by atoms with Crippen LogP contribution in [0.1, 0.15) is 58.8 Å². The first-order valence-electron chi connectivity index (χ1n) is 12.1. The smallest absolute Gasteiger partial charge is 0.326 e. The molecule has 36 heavy (non-hydrogen) atoms. The van der Waals surface area contributed by atoms with Crippen molar-refractivity contribution in [2.45, 2.75) is 83.0 Å². The van der Waals surface area contributed by atoms with Crippen molar-refractivity contribution in [3.8, 4) is 0 Å². The van der Waals surface area contributed by atoms with Gasteiger partial charge in [0.2, 0.25) is 23.6 Å². The Labute approximate surface area is 210 Å². The Bertz CT molecular complexity index is 808. The molecule has 11 N–H and O–H groups in total. The molecule has 0 aromatic heterocycles. The predicted molar refractivity (Wildman–Crippen MR) is 132 cm³/mol. The highest BCUT2D eigenvalue weighted by Crippen LogP contribution is 2.09. The summed E-state index contributed by atoms with van der Waals surface area (Å²) >= 11 is 0. The van der Waals surface area contributed by atoms with E-state index in [1.165, 1.54) is 0 Å². The van der Waals surface area contributed by atoms with Crippen molar-refractivity contribution in [3.05, 3.63) is 0 Å². The Hall–Kier alpha value is -3.42. The van der Waals surface area contributed by atoms with E-state index in [-0.39, 0.29) is 44.1 Å². The Morgan fingerprint density at radius 2 is 1.58 bits per heavy atom. The molecule has 0 saturated carbocycles. The lowest BCUT2D eigenvalue weighted by atomic mass is 10.0. The minimum atomic E-state index is -1.20. The number of amides is 4. The molecule has 14 heteroatoms.